The maximum Gasteiger partial charge on any atom is 0.245 e. The fraction of sp³-hybridized carbons (Fsp3) is 0.872. The zero-order valence-corrected chi connectivity index (χ0v) is 33.2. The first-order chi connectivity index (χ1) is 25.4. The first kappa shape index (κ1) is 44.6. The molecular weight excluding hydrogens is 678 g/mol. The molecule has 0 aromatic rings. The summed E-state index contributed by atoms with van der Waals surface area (Å²) < 4.78 is 12.4. The Kier molecular flexibility index (Phi) is 19.5. The van der Waals surface area contributed by atoms with E-state index in [0.717, 1.165) is 77.0 Å². The zero-order chi connectivity index (χ0) is 38.9. The molecule has 0 spiro atoms. The highest BCUT2D eigenvalue weighted by Gasteiger charge is 2.39. The van der Waals surface area contributed by atoms with Crippen LogP contribution >= 0.6 is 0 Å². The molecule has 2 aliphatic carbocycles. The molecule has 0 aromatic carbocycles. The van der Waals surface area contributed by atoms with Crippen molar-refractivity contribution in [2.24, 2.45) is 29.2 Å². The minimum Gasteiger partial charge on any atom is -0.376 e. The Balaban J connectivity index is 1.97. The largest absolute Gasteiger partial charge is 0.376 e. The average Bonchev–Trinajstić information content (AvgIpc) is 3.41. The number of carbonyl (C=O) groups excluding carboxylic acids is 5. The monoisotopic (exact) mass is 750 g/mol. The number of carbonyl (C=O) groups is 5. The van der Waals surface area contributed by atoms with Crippen LogP contribution in [0.15, 0.2) is 0 Å². The maximum absolute atomic E-state index is 14.2. The van der Waals surface area contributed by atoms with Crippen LogP contribution in [0.2, 0.25) is 0 Å². The van der Waals surface area contributed by atoms with Gasteiger partial charge in [0, 0.05) is 19.6 Å². The molecule has 1 saturated heterocycles. The van der Waals surface area contributed by atoms with Gasteiger partial charge in [-0.15, -0.1) is 0 Å². The average molecular weight is 750 g/mol. The van der Waals surface area contributed by atoms with Crippen LogP contribution < -0.4 is 32.7 Å². The van der Waals surface area contributed by atoms with Crippen molar-refractivity contribution < 1.29 is 33.4 Å². The SMILES string of the molecule is CCCCCC[C@H]1OC[C@@H](C)NC(=O)[C@H](COC2CC(CN)C2)NC(=O)[C@H](CN)NC(=O)[C@H](C2CCCCCC2)NC(=O)[C@H](CCC)N(C)C(=O)[C@@H]1C. The van der Waals surface area contributed by atoms with Crippen molar-refractivity contribution in [2.75, 3.05) is 33.4 Å². The molecule has 3 rings (SSSR count). The van der Waals surface area contributed by atoms with Gasteiger partial charge in [-0.25, -0.2) is 0 Å². The number of unbranched alkanes of at least 4 members (excludes halogenated alkanes) is 3. The van der Waals surface area contributed by atoms with Crippen molar-refractivity contribution >= 4 is 29.5 Å². The van der Waals surface area contributed by atoms with Gasteiger partial charge >= 0.3 is 0 Å². The van der Waals surface area contributed by atoms with Crippen LogP contribution in [0.4, 0.5) is 0 Å². The number of nitrogens with two attached hydrogens (primary N) is 2. The molecule has 5 amide bonds. The van der Waals surface area contributed by atoms with Crippen LogP contribution in [0.3, 0.4) is 0 Å². The summed E-state index contributed by atoms with van der Waals surface area (Å²) in [5, 5.41) is 11.6. The second-order valence-electron chi connectivity index (χ2n) is 15.8. The lowest BCUT2D eigenvalue weighted by Gasteiger charge is -2.35. The van der Waals surface area contributed by atoms with Gasteiger partial charge in [-0.05, 0) is 63.8 Å². The first-order valence-corrected chi connectivity index (χ1v) is 20.5. The molecule has 0 unspecified atom stereocenters. The molecule has 14 heteroatoms. The normalized spacial score (nSPS) is 32.2. The minimum atomic E-state index is -1.17. The fourth-order valence-electron chi connectivity index (χ4n) is 7.79. The van der Waals surface area contributed by atoms with E-state index in [1.807, 2.05) is 20.8 Å². The molecule has 0 aromatic heterocycles. The van der Waals surface area contributed by atoms with Crippen molar-refractivity contribution in [2.45, 2.75) is 166 Å². The van der Waals surface area contributed by atoms with Gasteiger partial charge in [0.25, 0.3) is 0 Å². The molecule has 2 saturated carbocycles. The van der Waals surface area contributed by atoms with Gasteiger partial charge in [-0.1, -0.05) is 78.6 Å². The maximum atomic E-state index is 14.2. The Bertz CT molecular complexity index is 1160. The highest BCUT2D eigenvalue weighted by atomic mass is 16.5. The molecule has 1 aliphatic heterocycles. The lowest BCUT2D eigenvalue weighted by molar-refractivity contribution is -0.147. The predicted octanol–water partition coefficient (Wildman–Crippen LogP) is 2.26. The third kappa shape index (κ3) is 13.8. The Morgan fingerprint density at radius 1 is 0.755 bits per heavy atom. The molecule has 0 bridgehead atoms. The third-order valence-electron chi connectivity index (χ3n) is 11.4. The fourth-order valence-corrected chi connectivity index (χ4v) is 7.79. The highest BCUT2D eigenvalue weighted by molar-refractivity contribution is 5.96. The molecule has 3 aliphatic rings. The van der Waals surface area contributed by atoms with E-state index in [1.54, 1.807) is 7.05 Å². The molecule has 7 atom stereocenters. The van der Waals surface area contributed by atoms with Gasteiger partial charge in [0.05, 0.1) is 31.3 Å². The second kappa shape index (κ2) is 23.2. The van der Waals surface area contributed by atoms with Gasteiger partial charge in [0.2, 0.25) is 29.5 Å². The molecular formula is C39H71N7O7. The van der Waals surface area contributed by atoms with Gasteiger partial charge in [-0.2, -0.15) is 0 Å². The second-order valence-corrected chi connectivity index (χ2v) is 15.8. The summed E-state index contributed by atoms with van der Waals surface area (Å²) in [6, 6.07) is -4.43. The van der Waals surface area contributed by atoms with Gasteiger partial charge < -0.3 is 47.1 Å². The summed E-state index contributed by atoms with van der Waals surface area (Å²) in [6.45, 7) is 8.15. The summed E-state index contributed by atoms with van der Waals surface area (Å²) in [4.78, 5) is 71.3. The smallest absolute Gasteiger partial charge is 0.245 e. The highest BCUT2D eigenvalue weighted by Crippen LogP contribution is 2.29. The van der Waals surface area contributed by atoms with Crippen molar-refractivity contribution in [1.29, 1.82) is 0 Å². The van der Waals surface area contributed by atoms with Crippen LogP contribution in [0.25, 0.3) is 0 Å². The quantitative estimate of drug-likeness (QED) is 0.120. The van der Waals surface area contributed by atoms with E-state index >= 15 is 0 Å². The number of amides is 5. The number of nitrogens with zero attached hydrogens (tertiary/aromatic N) is 1. The minimum absolute atomic E-state index is 0.0675. The lowest BCUT2D eigenvalue weighted by Crippen LogP contribution is -2.62. The van der Waals surface area contributed by atoms with Crippen LogP contribution in [0, 0.1) is 17.8 Å². The number of hydrogen-bond acceptors (Lipinski definition) is 9. The summed E-state index contributed by atoms with van der Waals surface area (Å²) in [6.07, 6.45) is 12.2. The standard InChI is InChI=1S/C39H71N7O7/c1-6-8-9-14-18-33-26(4)39(51)46(5)32(15-7-2)37(49)45-34(28-16-12-10-11-13-17-28)38(50)43-30(22-41)35(47)44-31(36(48)42-25(3)23-53-33)24-52-29-19-27(20-29)21-40/h25-34H,6-24,40-41H2,1-5H3,(H,42,48)(H,43,50)(H,44,47)(H,45,49)/t25-,26-,27?,29?,30+,31+,32+,33-,34+/m1/s1. The van der Waals surface area contributed by atoms with Gasteiger partial charge in [0.15, 0.2) is 0 Å². The van der Waals surface area contributed by atoms with Crippen LogP contribution in [0.5, 0.6) is 0 Å². The lowest BCUT2D eigenvalue weighted by atomic mass is 9.82. The summed E-state index contributed by atoms with van der Waals surface area (Å²) in [5.74, 6) is -2.57. The Labute approximate surface area is 317 Å². The van der Waals surface area contributed by atoms with Crippen molar-refractivity contribution in [1.82, 2.24) is 26.2 Å². The third-order valence-corrected chi connectivity index (χ3v) is 11.4. The Morgan fingerprint density at radius 3 is 2.04 bits per heavy atom. The molecule has 53 heavy (non-hydrogen) atoms. The van der Waals surface area contributed by atoms with Crippen LogP contribution in [0.1, 0.15) is 124 Å². The topological polar surface area (TPSA) is 207 Å². The zero-order valence-electron chi connectivity index (χ0n) is 33.2. The number of ether oxygens (including phenoxy) is 2. The number of likely N-dealkylation sites (N-methyl/N-ethyl adjacent to an activating group) is 1. The van der Waals surface area contributed by atoms with E-state index in [0.29, 0.717) is 31.7 Å². The summed E-state index contributed by atoms with van der Waals surface area (Å²) in [7, 11) is 1.65. The van der Waals surface area contributed by atoms with E-state index in [-0.39, 0.29) is 37.7 Å². The number of nitrogens with one attached hydrogen (secondary N) is 4. The van der Waals surface area contributed by atoms with Crippen LogP contribution in [-0.2, 0) is 33.4 Å². The van der Waals surface area contributed by atoms with E-state index in [2.05, 4.69) is 28.2 Å². The number of hydrogen-bond donors (Lipinski definition) is 6. The Hall–Kier alpha value is -2.81. The number of rotatable bonds is 13. The van der Waals surface area contributed by atoms with E-state index in [1.165, 1.54) is 4.90 Å². The molecule has 1 heterocycles. The molecule has 304 valence electrons. The van der Waals surface area contributed by atoms with E-state index in [4.69, 9.17) is 20.9 Å². The van der Waals surface area contributed by atoms with Crippen molar-refractivity contribution in [3.63, 3.8) is 0 Å². The van der Waals surface area contributed by atoms with Gasteiger partial charge in [0.1, 0.15) is 24.2 Å². The Morgan fingerprint density at radius 2 is 1.42 bits per heavy atom. The predicted molar refractivity (Wildman–Crippen MR) is 204 cm³/mol. The van der Waals surface area contributed by atoms with E-state index in [9.17, 15) is 24.0 Å². The molecule has 0 radical (unpaired) electrons. The van der Waals surface area contributed by atoms with E-state index < -0.39 is 65.9 Å². The molecule has 3 fully saturated rings. The van der Waals surface area contributed by atoms with Crippen molar-refractivity contribution in [3.8, 4) is 0 Å². The van der Waals surface area contributed by atoms with Crippen molar-refractivity contribution in [3.05, 3.63) is 0 Å². The van der Waals surface area contributed by atoms with Gasteiger partial charge in [-0.3, -0.25) is 24.0 Å². The molecule has 8 N–H and O–H groups in total. The summed E-state index contributed by atoms with van der Waals surface area (Å²) >= 11 is 0. The van der Waals surface area contributed by atoms with Crippen LogP contribution in [-0.4, -0.2) is 110 Å². The first-order valence-electron chi connectivity index (χ1n) is 20.5. The molecule has 14 nitrogen and oxygen atoms in total. The summed E-state index contributed by atoms with van der Waals surface area (Å²) in [5.41, 5.74) is 11.8.